The van der Waals surface area contributed by atoms with E-state index in [1.807, 2.05) is 0 Å². The first kappa shape index (κ1) is 13.6. The van der Waals surface area contributed by atoms with Crippen LogP contribution in [0.25, 0.3) is 0 Å². The van der Waals surface area contributed by atoms with Crippen LogP contribution in [0.2, 0.25) is 0 Å². The van der Waals surface area contributed by atoms with Crippen LogP contribution in [-0.4, -0.2) is 41.7 Å². The maximum absolute atomic E-state index is 12.3. The fraction of sp³-hybridized carbons (Fsp3) is 0.917. The van der Waals surface area contributed by atoms with E-state index in [9.17, 15) is 18.0 Å². The van der Waals surface area contributed by atoms with Crippen LogP contribution in [0.1, 0.15) is 39.0 Å². The molecule has 2 saturated heterocycles. The zero-order chi connectivity index (χ0) is 13.3. The lowest BCUT2D eigenvalue weighted by atomic mass is 9.98. The summed E-state index contributed by atoms with van der Waals surface area (Å²) in [5, 5.41) is 3.43. The third kappa shape index (κ3) is 3.16. The van der Waals surface area contributed by atoms with Gasteiger partial charge in [-0.25, -0.2) is 0 Å². The van der Waals surface area contributed by atoms with Crippen molar-refractivity contribution in [2.75, 3.05) is 6.54 Å². The van der Waals surface area contributed by atoms with Crippen molar-refractivity contribution in [1.29, 1.82) is 0 Å². The van der Waals surface area contributed by atoms with Gasteiger partial charge in [0.05, 0.1) is 0 Å². The summed E-state index contributed by atoms with van der Waals surface area (Å²) >= 11 is 0. The average molecular weight is 264 g/mol. The minimum Gasteiger partial charge on any atom is -0.340 e. The maximum Gasteiger partial charge on any atom is 0.397 e. The van der Waals surface area contributed by atoms with Gasteiger partial charge >= 0.3 is 6.18 Å². The summed E-state index contributed by atoms with van der Waals surface area (Å²) in [6.07, 6.45) is -2.02. The van der Waals surface area contributed by atoms with E-state index in [1.165, 1.54) is 4.90 Å². The van der Waals surface area contributed by atoms with Gasteiger partial charge in [-0.1, -0.05) is 0 Å². The van der Waals surface area contributed by atoms with Crippen LogP contribution < -0.4 is 5.32 Å². The molecule has 2 unspecified atom stereocenters. The van der Waals surface area contributed by atoms with Gasteiger partial charge in [-0.05, 0) is 32.6 Å². The molecular weight excluding hydrogens is 245 g/mol. The van der Waals surface area contributed by atoms with Crippen molar-refractivity contribution in [2.24, 2.45) is 0 Å². The Hall–Kier alpha value is -0.780. The lowest BCUT2D eigenvalue weighted by Gasteiger charge is -2.37. The number of halogens is 3. The number of alkyl halides is 3. The number of amides is 1. The molecule has 2 atom stereocenters. The Kier molecular flexibility index (Phi) is 3.84. The summed E-state index contributed by atoms with van der Waals surface area (Å²) < 4.78 is 36.8. The second-order valence-electron chi connectivity index (χ2n) is 5.23. The molecule has 0 spiro atoms. The van der Waals surface area contributed by atoms with E-state index < -0.39 is 18.5 Å². The first-order valence-corrected chi connectivity index (χ1v) is 6.51. The molecule has 0 saturated carbocycles. The second kappa shape index (κ2) is 5.07. The van der Waals surface area contributed by atoms with Crippen molar-refractivity contribution in [1.82, 2.24) is 10.2 Å². The molecular formula is C12H19F3N2O. The van der Waals surface area contributed by atoms with Gasteiger partial charge in [0.1, 0.15) is 6.42 Å². The number of nitrogens with zero attached hydrogens (tertiary/aromatic N) is 1. The Morgan fingerprint density at radius 2 is 1.83 bits per heavy atom. The summed E-state index contributed by atoms with van der Waals surface area (Å²) in [6, 6.07) is 0.728. The zero-order valence-electron chi connectivity index (χ0n) is 10.5. The molecule has 2 heterocycles. The van der Waals surface area contributed by atoms with Gasteiger partial charge in [-0.15, -0.1) is 0 Å². The molecule has 1 amide bonds. The van der Waals surface area contributed by atoms with Crippen LogP contribution in [0.15, 0.2) is 0 Å². The van der Waals surface area contributed by atoms with Gasteiger partial charge in [0, 0.05) is 24.7 Å². The lowest BCUT2D eigenvalue weighted by molar-refractivity contribution is -0.163. The first-order valence-electron chi connectivity index (χ1n) is 6.51. The monoisotopic (exact) mass is 264 g/mol. The van der Waals surface area contributed by atoms with E-state index in [0.717, 1.165) is 25.7 Å². The van der Waals surface area contributed by atoms with E-state index >= 15 is 0 Å². The van der Waals surface area contributed by atoms with E-state index in [2.05, 4.69) is 5.32 Å². The molecule has 2 rings (SSSR count). The summed E-state index contributed by atoms with van der Waals surface area (Å²) in [5.74, 6) is -0.781. The maximum atomic E-state index is 12.3. The summed E-state index contributed by atoms with van der Waals surface area (Å²) in [5.41, 5.74) is 0. The van der Waals surface area contributed by atoms with E-state index in [-0.39, 0.29) is 6.04 Å². The van der Waals surface area contributed by atoms with Crippen LogP contribution in [-0.2, 0) is 4.79 Å². The SMILES string of the molecule is CCN(C(=O)CC(F)(F)F)C1CC2CCC(C1)N2. The van der Waals surface area contributed by atoms with E-state index in [4.69, 9.17) is 0 Å². The Morgan fingerprint density at radius 3 is 2.28 bits per heavy atom. The Bertz CT molecular complexity index is 307. The fourth-order valence-corrected chi connectivity index (χ4v) is 3.19. The number of fused-ring (bicyclic) bond motifs is 2. The number of rotatable bonds is 3. The van der Waals surface area contributed by atoms with Crippen LogP contribution in [0.3, 0.4) is 0 Å². The quantitative estimate of drug-likeness (QED) is 0.846. The van der Waals surface area contributed by atoms with Crippen LogP contribution in [0.4, 0.5) is 13.2 Å². The molecule has 104 valence electrons. The van der Waals surface area contributed by atoms with E-state index in [0.29, 0.717) is 18.6 Å². The number of hydrogen-bond acceptors (Lipinski definition) is 2. The third-order valence-electron chi connectivity index (χ3n) is 3.90. The smallest absolute Gasteiger partial charge is 0.340 e. The summed E-state index contributed by atoms with van der Waals surface area (Å²) in [7, 11) is 0. The van der Waals surface area contributed by atoms with Crippen molar-refractivity contribution in [2.45, 2.75) is 63.3 Å². The molecule has 0 radical (unpaired) electrons. The van der Waals surface area contributed by atoms with Gasteiger partial charge in [0.2, 0.25) is 5.91 Å². The summed E-state index contributed by atoms with van der Waals surface area (Å²) in [6.45, 7) is 2.11. The number of carbonyl (C=O) groups excluding carboxylic acids is 1. The van der Waals surface area contributed by atoms with Crippen molar-refractivity contribution in [3.63, 3.8) is 0 Å². The van der Waals surface area contributed by atoms with Gasteiger partial charge < -0.3 is 10.2 Å². The normalized spacial score (nSPS) is 31.4. The largest absolute Gasteiger partial charge is 0.397 e. The van der Waals surface area contributed by atoms with Crippen LogP contribution in [0.5, 0.6) is 0 Å². The second-order valence-corrected chi connectivity index (χ2v) is 5.23. The minimum atomic E-state index is -4.41. The molecule has 2 aliphatic heterocycles. The molecule has 0 aromatic carbocycles. The Morgan fingerprint density at radius 1 is 1.28 bits per heavy atom. The predicted octanol–water partition coefficient (Wildman–Crippen LogP) is 2.07. The molecule has 0 aliphatic carbocycles. The first-order chi connectivity index (χ1) is 8.39. The van der Waals surface area contributed by atoms with Crippen molar-refractivity contribution in [3.05, 3.63) is 0 Å². The zero-order valence-corrected chi connectivity index (χ0v) is 10.5. The third-order valence-corrected chi connectivity index (χ3v) is 3.90. The molecule has 2 fully saturated rings. The molecule has 2 bridgehead atoms. The van der Waals surface area contributed by atoms with E-state index in [1.54, 1.807) is 6.92 Å². The van der Waals surface area contributed by atoms with Crippen molar-refractivity contribution < 1.29 is 18.0 Å². The number of piperidine rings is 1. The molecule has 3 nitrogen and oxygen atoms in total. The Balaban J connectivity index is 1.98. The van der Waals surface area contributed by atoms with Crippen LogP contribution in [0, 0.1) is 0 Å². The highest BCUT2D eigenvalue weighted by Crippen LogP contribution is 2.31. The fourth-order valence-electron chi connectivity index (χ4n) is 3.19. The molecule has 0 aromatic heterocycles. The number of carbonyl (C=O) groups is 1. The topological polar surface area (TPSA) is 32.3 Å². The van der Waals surface area contributed by atoms with Gasteiger partial charge in [0.25, 0.3) is 0 Å². The standard InChI is InChI=1S/C12H19F3N2O/c1-2-17(11(18)7-12(13,14)15)10-5-8-3-4-9(6-10)16-8/h8-10,16H,2-7H2,1H3. The predicted molar refractivity (Wildman–Crippen MR) is 61.0 cm³/mol. The van der Waals surface area contributed by atoms with Gasteiger partial charge in [0.15, 0.2) is 0 Å². The molecule has 0 aromatic rings. The highest BCUT2D eigenvalue weighted by molar-refractivity contribution is 5.77. The molecule has 1 N–H and O–H groups in total. The highest BCUT2D eigenvalue weighted by Gasteiger charge is 2.40. The number of nitrogens with one attached hydrogen (secondary N) is 1. The number of hydrogen-bond donors (Lipinski definition) is 1. The van der Waals surface area contributed by atoms with Crippen molar-refractivity contribution in [3.8, 4) is 0 Å². The van der Waals surface area contributed by atoms with Crippen LogP contribution >= 0.6 is 0 Å². The molecule has 2 aliphatic rings. The average Bonchev–Trinajstić information content (AvgIpc) is 2.56. The lowest BCUT2D eigenvalue weighted by Crippen LogP contribution is -2.50. The molecule has 18 heavy (non-hydrogen) atoms. The van der Waals surface area contributed by atoms with Crippen molar-refractivity contribution >= 4 is 5.91 Å². The van der Waals surface area contributed by atoms with Gasteiger partial charge in [-0.3, -0.25) is 4.79 Å². The molecule has 6 heteroatoms. The highest BCUT2D eigenvalue weighted by atomic mass is 19.4. The Labute approximate surface area is 105 Å². The van der Waals surface area contributed by atoms with Gasteiger partial charge in [-0.2, -0.15) is 13.2 Å². The summed E-state index contributed by atoms with van der Waals surface area (Å²) in [4.78, 5) is 13.1. The minimum absolute atomic E-state index is 0.0244.